The molecule has 0 aliphatic carbocycles. The molecule has 0 spiro atoms. The largest absolute Gasteiger partial charge is 0.375 e. The third-order valence-electron chi connectivity index (χ3n) is 2.81. The predicted molar refractivity (Wildman–Crippen MR) is 72.8 cm³/mol. The Morgan fingerprint density at radius 1 is 1.58 bits per heavy atom. The van der Waals surface area contributed by atoms with Crippen molar-refractivity contribution in [1.82, 2.24) is 15.5 Å². The first-order valence-electron chi connectivity index (χ1n) is 5.89. The van der Waals surface area contributed by atoms with Gasteiger partial charge in [-0.15, -0.1) is 11.3 Å². The highest BCUT2D eigenvalue weighted by Gasteiger charge is 2.18. The lowest BCUT2D eigenvalue weighted by molar-refractivity contribution is -0.121. The van der Waals surface area contributed by atoms with Crippen molar-refractivity contribution < 1.29 is 9.32 Å². The van der Waals surface area contributed by atoms with Gasteiger partial charge in [0.15, 0.2) is 5.13 Å². The predicted octanol–water partition coefficient (Wildman–Crippen LogP) is 1.75. The number of carbonyl (C=O) groups is 1. The van der Waals surface area contributed by atoms with Crippen molar-refractivity contribution in [2.24, 2.45) is 0 Å². The van der Waals surface area contributed by atoms with Crippen LogP contribution < -0.4 is 11.1 Å². The Morgan fingerprint density at radius 3 is 2.84 bits per heavy atom. The summed E-state index contributed by atoms with van der Waals surface area (Å²) in [7, 11) is 0. The second-order valence-electron chi connectivity index (χ2n) is 4.38. The quantitative estimate of drug-likeness (QED) is 0.889. The fraction of sp³-hybridized carbons (Fsp3) is 0.417. The van der Waals surface area contributed by atoms with Gasteiger partial charge in [0, 0.05) is 10.9 Å². The van der Waals surface area contributed by atoms with Crippen LogP contribution in [0.3, 0.4) is 0 Å². The lowest BCUT2D eigenvalue weighted by Gasteiger charge is -2.13. The van der Waals surface area contributed by atoms with Gasteiger partial charge in [-0.3, -0.25) is 4.79 Å². The Balaban J connectivity index is 1.99. The summed E-state index contributed by atoms with van der Waals surface area (Å²) in [6.07, 6.45) is 0.224. The molecule has 102 valence electrons. The van der Waals surface area contributed by atoms with Gasteiger partial charge in [0.1, 0.15) is 5.76 Å². The number of aromatic nitrogens is 2. The van der Waals surface area contributed by atoms with Crippen molar-refractivity contribution in [3.05, 3.63) is 28.1 Å². The van der Waals surface area contributed by atoms with E-state index in [9.17, 15) is 4.79 Å². The minimum absolute atomic E-state index is 0.0993. The number of anilines is 1. The van der Waals surface area contributed by atoms with E-state index in [0.717, 1.165) is 17.0 Å². The molecule has 1 unspecified atom stereocenters. The van der Waals surface area contributed by atoms with E-state index in [1.807, 2.05) is 20.8 Å². The highest BCUT2D eigenvalue weighted by atomic mass is 32.1. The SMILES string of the molecule is Cc1noc(C)c1C(C)NC(=O)Cc1csc(N)n1. The van der Waals surface area contributed by atoms with Gasteiger partial charge < -0.3 is 15.6 Å². The number of amides is 1. The molecule has 0 aliphatic heterocycles. The molecule has 0 aliphatic rings. The van der Waals surface area contributed by atoms with Crippen LogP contribution in [-0.4, -0.2) is 16.0 Å². The highest BCUT2D eigenvalue weighted by Crippen LogP contribution is 2.21. The average molecular weight is 280 g/mol. The molecule has 1 atom stereocenters. The molecule has 19 heavy (non-hydrogen) atoms. The molecule has 0 aromatic carbocycles. The van der Waals surface area contributed by atoms with Crippen LogP contribution in [-0.2, 0) is 11.2 Å². The highest BCUT2D eigenvalue weighted by molar-refractivity contribution is 7.13. The standard InChI is InChI=1S/C12H16N4O2S/c1-6(11-7(2)16-18-8(11)3)14-10(17)4-9-5-19-12(13)15-9/h5-6H,4H2,1-3H3,(H2,13,15)(H,14,17). The van der Waals surface area contributed by atoms with Crippen LogP contribution in [0.25, 0.3) is 0 Å². The summed E-state index contributed by atoms with van der Waals surface area (Å²) in [6.45, 7) is 5.59. The minimum atomic E-state index is -0.144. The first kappa shape index (κ1) is 13.5. The van der Waals surface area contributed by atoms with Crippen LogP contribution >= 0.6 is 11.3 Å². The molecule has 2 rings (SSSR count). The normalized spacial score (nSPS) is 12.4. The first-order chi connectivity index (χ1) is 8.97. The van der Waals surface area contributed by atoms with Crippen molar-refractivity contribution in [1.29, 1.82) is 0 Å². The summed E-state index contributed by atoms with van der Waals surface area (Å²) in [5.41, 5.74) is 7.93. The topological polar surface area (TPSA) is 94.0 Å². The van der Waals surface area contributed by atoms with Crippen LogP contribution in [0.1, 0.15) is 35.7 Å². The monoisotopic (exact) mass is 280 g/mol. The fourth-order valence-electron chi connectivity index (χ4n) is 2.04. The molecule has 2 heterocycles. The summed E-state index contributed by atoms with van der Waals surface area (Å²) in [6, 6.07) is -0.144. The van der Waals surface area contributed by atoms with Crippen LogP contribution in [0.15, 0.2) is 9.90 Å². The molecule has 0 saturated carbocycles. The van der Waals surface area contributed by atoms with Gasteiger partial charge in [-0.2, -0.15) is 0 Å². The van der Waals surface area contributed by atoms with Crippen LogP contribution in [0.4, 0.5) is 5.13 Å². The molecule has 0 fully saturated rings. The Bertz CT molecular complexity index is 571. The van der Waals surface area contributed by atoms with Crippen molar-refractivity contribution in [3.8, 4) is 0 Å². The number of hydrogen-bond acceptors (Lipinski definition) is 6. The number of nitrogens with two attached hydrogens (primary N) is 1. The Morgan fingerprint density at radius 2 is 2.32 bits per heavy atom. The molecule has 0 radical (unpaired) electrons. The Kier molecular flexibility index (Phi) is 3.84. The van der Waals surface area contributed by atoms with Crippen molar-refractivity contribution in [2.75, 3.05) is 5.73 Å². The summed E-state index contributed by atoms with van der Waals surface area (Å²) in [5, 5.41) is 9.05. The maximum atomic E-state index is 11.9. The Hall–Kier alpha value is -1.89. The van der Waals surface area contributed by atoms with E-state index < -0.39 is 0 Å². The van der Waals surface area contributed by atoms with Gasteiger partial charge in [0.25, 0.3) is 0 Å². The molecular weight excluding hydrogens is 264 g/mol. The molecule has 2 aromatic rings. The number of aryl methyl sites for hydroxylation is 2. The van der Waals surface area contributed by atoms with Gasteiger partial charge in [0.2, 0.25) is 5.91 Å². The zero-order chi connectivity index (χ0) is 14.0. The van der Waals surface area contributed by atoms with E-state index in [4.69, 9.17) is 10.3 Å². The van der Waals surface area contributed by atoms with E-state index in [1.54, 1.807) is 5.38 Å². The number of thiazole rings is 1. The lowest BCUT2D eigenvalue weighted by Crippen LogP contribution is -2.28. The van der Waals surface area contributed by atoms with Gasteiger partial charge in [-0.25, -0.2) is 4.98 Å². The summed E-state index contributed by atoms with van der Waals surface area (Å²) in [5.74, 6) is 0.626. The second-order valence-corrected chi connectivity index (χ2v) is 5.27. The van der Waals surface area contributed by atoms with Crippen molar-refractivity contribution >= 4 is 22.4 Å². The maximum absolute atomic E-state index is 11.9. The van der Waals surface area contributed by atoms with E-state index in [2.05, 4.69) is 15.5 Å². The summed E-state index contributed by atoms with van der Waals surface area (Å²) >= 11 is 1.33. The zero-order valence-corrected chi connectivity index (χ0v) is 11.9. The molecule has 0 bridgehead atoms. The number of carbonyl (C=O) groups excluding carboxylic acids is 1. The smallest absolute Gasteiger partial charge is 0.226 e. The number of hydrogen-bond donors (Lipinski definition) is 2. The summed E-state index contributed by atoms with van der Waals surface area (Å²) < 4.78 is 5.09. The Labute approximate surface area is 115 Å². The van der Waals surface area contributed by atoms with Gasteiger partial charge in [-0.1, -0.05) is 5.16 Å². The lowest BCUT2D eigenvalue weighted by atomic mass is 10.1. The third-order valence-corrected chi connectivity index (χ3v) is 3.53. The molecule has 2 aromatic heterocycles. The summed E-state index contributed by atoms with van der Waals surface area (Å²) in [4.78, 5) is 16.0. The van der Waals surface area contributed by atoms with Crippen LogP contribution in [0.5, 0.6) is 0 Å². The molecule has 3 N–H and O–H groups in total. The van der Waals surface area contributed by atoms with Crippen LogP contribution in [0.2, 0.25) is 0 Å². The van der Waals surface area contributed by atoms with Gasteiger partial charge >= 0.3 is 0 Å². The van der Waals surface area contributed by atoms with Crippen LogP contribution in [0, 0.1) is 13.8 Å². The maximum Gasteiger partial charge on any atom is 0.226 e. The van der Waals surface area contributed by atoms with Gasteiger partial charge in [-0.05, 0) is 20.8 Å². The molecular formula is C12H16N4O2S. The zero-order valence-electron chi connectivity index (χ0n) is 11.1. The number of nitrogens with one attached hydrogen (secondary N) is 1. The third kappa shape index (κ3) is 3.11. The van der Waals surface area contributed by atoms with E-state index in [1.165, 1.54) is 11.3 Å². The van der Waals surface area contributed by atoms with Gasteiger partial charge in [0.05, 0.1) is 23.9 Å². The van der Waals surface area contributed by atoms with E-state index in [0.29, 0.717) is 10.8 Å². The molecule has 1 amide bonds. The van der Waals surface area contributed by atoms with Crippen molar-refractivity contribution in [2.45, 2.75) is 33.2 Å². The van der Waals surface area contributed by atoms with E-state index in [-0.39, 0.29) is 18.4 Å². The number of nitrogens with zero attached hydrogens (tertiary/aromatic N) is 2. The minimum Gasteiger partial charge on any atom is -0.375 e. The molecule has 7 heteroatoms. The molecule has 6 nitrogen and oxygen atoms in total. The van der Waals surface area contributed by atoms with Crippen molar-refractivity contribution in [3.63, 3.8) is 0 Å². The number of rotatable bonds is 4. The number of nitrogen functional groups attached to an aromatic ring is 1. The molecule has 0 saturated heterocycles. The van der Waals surface area contributed by atoms with E-state index >= 15 is 0 Å². The second kappa shape index (κ2) is 5.40. The average Bonchev–Trinajstić information content (AvgIpc) is 2.85. The first-order valence-corrected chi connectivity index (χ1v) is 6.77. The fourth-order valence-corrected chi connectivity index (χ4v) is 2.60.